The Morgan fingerprint density at radius 1 is 1.08 bits per heavy atom. The maximum atomic E-state index is 13.4. The summed E-state index contributed by atoms with van der Waals surface area (Å²) in [6.45, 7) is -0.236. The van der Waals surface area contributed by atoms with E-state index in [0.717, 1.165) is 5.56 Å². The number of hydrogen-bond acceptors (Lipinski definition) is 5. The molecule has 24 heavy (non-hydrogen) atoms. The van der Waals surface area contributed by atoms with Gasteiger partial charge in [-0.05, 0) is 24.3 Å². The van der Waals surface area contributed by atoms with Gasteiger partial charge in [-0.2, -0.15) is 0 Å². The van der Waals surface area contributed by atoms with Crippen LogP contribution in [0.15, 0.2) is 59.0 Å². The predicted molar refractivity (Wildman–Crippen MR) is 83.5 cm³/mol. The van der Waals surface area contributed by atoms with Gasteiger partial charge in [-0.25, -0.2) is 4.39 Å². The normalized spacial score (nSPS) is 10.4. The summed E-state index contributed by atoms with van der Waals surface area (Å²) in [6, 6.07) is 15.2. The molecule has 3 aromatic rings. The quantitative estimate of drug-likeness (QED) is 0.753. The van der Waals surface area contributed by atoms with Crippen LogP contribution in [0.2, 0.25) is 0 Å². The maximum Gasteiger partial charge on any atom is 0.258 e. The summed E-state index contributed by atoms with van der Waals surface area (Å²) in [5.74, 6) is -0.264. The van der Waals surface area contributed by atoms with Crippen molar-refractivity contribution in [1.82, 2.24) is 15.5 Å². The van der Waals surface area contributed by atoms with Crippen LogP contribution in [0.5, 0.6) is 5.75 Å². The first-order valence-corrected chi connectivity index (χ1v) is 7.24. The van der Waals surface area contributed by atoms with Gasteiger partial charge in [0, 0.05) is 5.56 Å². The smallest absolute Gasteiger partial charge is 0.258 e. The Morgan fingerprint density at radius 3 is 2.62 bits per heavy atom. The number of rotatable bonds is 6. The van der Waals surface area contributed by atoms with Crippen LogP contribution in [-0.4, -0.2) is 22.7 Å². The molecule has 3 rings (SSSR count). The van der Waals surface area contributed by atoms with Crippen LogP contribution >= 0.6 is 0 Å². The molecule has 1 aromatic heterocycles. The highest BCUT2D eigenvalue weighted by atomic mass is 19.1. The Morgan fingerprint density at radius 2 is 1.83 bits per heavy atom. The van der Waals surface area contributed by atoms with Crippen LogP contribution in [-0.2, 0) is 11.3 Å². The Balaban J connectivity index is 1.50. The predicted octanol–water partition coefficient (Wildman–Crippen LogP) is 2.57. The van der Waals surface area contributed by atoms with Crippen molar-refractivity contribution in [3.05, 3.63) is 66.3 Å². The van der Waals surface area contributed by atoms with Gasteiger partial charge in [0.25, 0.3) is 5.91 Å². The number of benzene rings is 2. The van der Waals surface area contributed by atoms with Crippen LogP contribution in [0.1, 0.15) is 5.89 Å². The highest BCUT2D eigenvalue weighted by molar-refractivity contribution is 5.77. The second-order valence-electron chi connectivity index (χ2n) is 4.86. The monoisotopic (exact) mass is 327 g/mol. The molecule has 0 bridgehead atoms. The van der Waals surface area contributed by atoms with Gasteiger partial charge in [-0.3, -0.25) is 4.79 Å². The summed E-state index contributed by atoms with van der Waals surface area (Å²) in [4.78, 5) is 11.7. The van der Waals surface area contributed by atoms with Crippen molar-refractivity contribution in [3.63, 3.8) is 0 Å². The molecule has 0 spiro atoms. The van der Waals surface area contributed by atoms with E-state index in [1.54, 1.807) is 12.1 Å². The number of para-hydroxylation sites is 1. The third-order valence-corrected chi connectivity index (χ3v) is 3.12. The van der Waals surface area contributed by atoms with Gasteiger partial charge in [-0.1, -0.05) is 30.3 Å². The van der Waals surface area contributed by atoms with Gasteiger partial charge in [0.1, 0.15) is 0 Å². The molecule has 0 aliphatic rings. The first-order chi connectivity index (χ1) is 11.7. The minimum atomic E-state index is -0.519. The third kappa shape index (κ3) is 3.95. The lowest BCUT2D eigenvalue weighted by Gasteiger charge is -2.06. The van der Waals surface area contributed by atoms with Gasteiger partial charge in [0.05, 0.1) is 6.54 Å². The minimum Gasteiger partial charge on any atom is -0.481 e. The van der Waals surface area contributed by atoms with E-state index in [1.165, 1.54) is 12.1 Å². The molecule has 122 valence electrons. The van der Waals surface area contributed by atoms with Crippen LogP contribution in [0.4, 0.5) is 4.39 Å². The van der Waals surface area contributed by atoms with E-state index in [0.29, 0.717) is 5.89 Å². The van der Waals surface area contributed by atoms with Crippen molar-refractivity contribution in [2.24, 2.45) is 0 Å². The number of nitrogens with zero attached hydrogens (tertiary/aromatic N) is 2. The first kappa shape index (κ1) is 15.7. The molecule has 0 saturated carbocycles. The zero-order valence-corrected chi connectivity index (χ0v) is 12.6. The van der Waals surface area contributed by atoms with E-state index in [1.807, 2.05) is 30.3 Å². The maximum absolute atomic E-state index is 13.4. The molecule has 7 heteroatoms. The fourth-order valence-corrected chi connectivity index (χ4v) is 1.95. The van der Waals surface area contributed by atoms with E-state index < -0.39 is 11.7 Å². The lowest BCUT2D eigenvalue weighted by atomic mass is 10.2. The summed E-state index contributed by atoms with van der Waals surface area (Å²) in [5, 5.41) is 10.4. The number of ether oxygens (including phenoxy) is 1. The summed E-state index contributed by atoms with van der Waals surface area (Å²) in [7, 11) is 0. The van der Waals surface area contributed by atoms with Crippen LogP contribution in [0, 0.1) is 5.82 Å². The van der Waals surface area contributed by atoms with E-state index in [2.05, 4.69) is 15.5 Å². The van der Waals surface area contributed by atoms with Gasteiger partial charge in [0.15, 0.2) is 18.2 Å². The molecule has 0 unspecified atom stereocenters. The summed E-state index contributed by atoms with van der Waals surface area (Å²) in [5.41, 5.74) is 0.797. The van der Waals surface area contributed by atoms with Gasteiger partial charge in [0.2, 0.25) is 11.8 Å². The molecule has 1 amide bonds. The number of hydrogen-bond donors (Lipinski definition) is 1. The highest BCUT2D eigenvalue weighted by Crippen LogP contribution is 2.17. The molecular weight excluding hydrogens is 313 g/mol. The second-order valence-corrected chi connectivity index (χ2v) is 4.86. The number of carbonyl (C=O) groups excluding carboxylic acids is 1. The number of halogens is 1. The van der Waals surface area contributed by atoms with Crippen molar-refractivity contribution in [2.75, 3.05) is 6.61 Å². The zero-order chi connectivity index (χ0) is 16.8. The average Bonchev–Trinajstić information content (AvgIpc) is 3.09. The van der Waals surface area contributed by atoms with E-state index in [4.69, 9.17) is 9.15 Å². The van der Waals surface area contributed by atoms with Crippen molar-refractivity contribution in [2.45, 2.75) is 6.54 Å². The van der Waals surface area contributed by atoms with Gasteiger partial charge < -0.3 is 14.5 Å². The molecule has 0 radical (unpaired) electrons. The number of amides is 1. The summed E-state index contributed by atoms with van der Waals surface area (Å²) >= 11 is 0. The minimum absolute atomic E-state index is 0.0248. The van der Waals surface area contributed by atoms with Crippen molar-refractivity contribution in [1.29, 1.82) is 0 Å². The number of nitrogens with one attached hydrogen (secondary N) is 1. The van der Waals surface area contributed by atoms with Gasteiger partial charge in [-0.15, -0.1) is 10.2 Å². The Hall–Kier alpha value is -3.22. The highest BCUT2D eigenvalue weighted by Gasteiger charge is 2.10. The zero-order valence-electron chi connectivity index (χ0n) is 12.6. The molecule has 0 saturated heterocycles. The molecule has 0 aliphatic heterocycles. The van der Waals surface area contributed by atoms with Gasteiger partial charge >= 0.3 is 0 Å². The SMILES string of the molecule is O=C(COc1ccccc1F)NCc1nnc(-c2ccccc2)o1. The lowest BCUT2D eigenvalue weighted by Crippen LogP contribution is -2.28. The molecule has 0 atom stereocenters. The Labute approximate surface area is 137 Å². The average molecular weight is 327 g/mol. The molecule has 2 aromatic carbocycles. The standard InChI is InChI=1S/C17H14FN3O3/c18-13-8-4-5-9-14(13)23-11-15(22)19-10-16-20-21-17(24-16)12-6-2-1-3-7-12/h1-9H,10-11H2,(H,19,22). The van der Waals surface area contributed by atoms with Crippen LogP contribution in [0.25, 0.3) is 11.5 Å². The fourth-order valence-electron chi connectivity index (χ4n) is 1.95. The lowest BCUT2D eigenvalue weighted by molar-refractivity contribution is -0.123. The molecule has 1 N–H and O–H groups in total. The van der Waals surface area contributed by atoms with E-state index >= 15 is 0 Å². The van der Waals surface area contributed by atoms with E-state index in [9.17, 15) is 9.18 Å². The molecular formula is C17H14FN3O3. The van der Waals surface area contributed by atoms with E-state index in [-0.39, 0.29) is 24.8 Å². The number of aromatic nitrogens is 2. The summed E-state index contributed by atoms with van der Waals surface area (Å²) < 4.78 is 23.9. The third-order valence-electron chi connectivity index (χ3n) is 3.12. The molecule has 1 heterocycles. The van der Waals surface area contributed by atoms with Crippen molar-refractivity contribution >= 4 is 5.91 Å². The first-order valence-electron chi connectivity index (χ1n) is 7.24. The van der Waals surface area contributed by atoms with Crippen molar-refractivity contribution < 1.29 is 18.3 Å². The summed E-state index contributed by atoms with van der Waals surface area (Å²) in [6.07, 6.45) is 0. The molecule has 0 fully saturated rings. The van der Waals surface area contributed by atoms with Crippen LogP contribution in [0.3, 0.4) is 0 Å². The topological polar surface area (TPSA) is 77.2 Å². The number of carbonyl (C=O) groups is 1. The largest absolute Gasteiger partial charge is 0.481 e. The second kappa shape index (κ2) is 7.36. The fraction of sp³-hybridized carbons (Fsp3) is 0.118. The Kier molecular flexibility index (Phi) is 4.81. The molecule has 0 aliphatic carbocycles. The van der Waals surface area contributed by atoms with Crippen LogP contribution < -0.4 is 10.1 Å². The Bertz CT molecular complexity index is 821. The van der Waals surface area contributed by atoms with Crippen molar-refractivity contribution in [3.8, 4) is 17.2 Å². The molecule has 6 nitrogen and oxygen atoms in total.